The van der Waals surface area contributed by atoms with Crippen LogP contribution in [0.2, 0.25) is 0 Å². The lowest BCUT2D eigenvalue weighted by molar-refractivity contribution is -0.141. The highest BCUT2D eigenvalue weighted by Gasteiger charge is 2.56. The zero-order valence-corrected chi connectivity index (χ0v) is 15.2. The second kappa shape index (κ2) is 7.27. The number of carbonyl (C=O) groups excluding carboxylic acids is 3. The fourth-order valence-corrected chi connectivity index (χ4v) is 4.11. The van der Waals surface area contributed by atoms with Crippen molar-refractivity contribution in [3.05, 3.63) is 0 Å². The van der Waals surface area contributed by atoms with E-state index in [4.69, 9.17) is 0 Å². The summed E-state index contributed by atoms with van der Waals surface area (Å²) >= 11 is 0. The van der Waals surface area contributed by atoms with Crippen LogP contribution in [0.15, 0.2) is 0 Å². The molecule has 136 valence electrons. The summed E-state index contributed by atoms with van der Waals surface area (Å²) in [6.45, 7) is 3.97. The maximum atomic E-state index is 12.9. The predicted molar refractivity (Wildman–Crippen MR) is 92.0 cm³/mol. The van der Waals surface area contributed by atoms with Crippen molar-refractivity contribution >= 4 is 30.3 Å². The van der Waals surface area contributed by atoms with Crippen LogP contribution in [0.4, 0.5) is 4.79 Å². The number of imide groups is 1. The van der Waals surface area contributed by atoms with Gasteiger partial charge in [-0.1, -0.05) is 19.3 Å². The van der Waals surface area contributed by atoms with Crippen LogP contribution in [0.5, 0.6) is 0 Å². The van der Waals surface area contributed by atoms with Crippen molar-refractivity contribution in [2.24, 2.45) is 0 Å². The maximum Gasteiger partial charge on any atom is 0.327 e. The number of likely N-dealkylation sites (N-methyl/N-ethyl adjacent to an activating group) is 1. The zero-order chi connectivity index (χ0) is 16.6. The standard InChI is InChI=1S/C16H26N4O3.ClH/c1-12-10-17-8-9-19(12)13(21)11-20-14(22)16(18(2)15(20)23)6-4-3-5-7-16;/h12,17H,3-11H2,1-2H3;1H/t12-;/m0./s1. The fraction of sp³-hybridized carbons (Fsp3) is 0.812. The fourth-order valence-electron chi connectivity index (χ4n) is 4.11. The number of rotatable bonds is 2. The van der Waals surface area contributed by atoms with E-state index in [0.29, 0.717) is 19.4 Å². The monoisotopic (exact) mass is 358 g/mol. The molecule has 2 aliphatic heterocycles. The number of halogens is 1. The lowest BCUT2D eigenvalue weighted by Gasteiger charge is -2.36. The molecule has 1 atom stereocenters. The Bertz CT molecular complexity index is 521. The summed E-state index contributed by atoms with van der Waals surface area (Å²) in [4.78, 5) is 42.5. The van der Waals surface area contributed by atoms with Gasteiger partial charge in [-0.25, -0.2) is 4.79 Å². The molecule has 24 heavy (non-hydrogen) atoms. The first-order valence-corrected chi connectivity index (χ1v) is 8.57. The molecule has 8 heteroatoms. The third-order valence-electron chi connectivity index (χ3n) is 5.60. The normalized spacial score (nSPS) is 26.8. The second-order valence-corrected chi connectivity index (χ2v) is 6.97. The molecule has 1 N–H and O–H groups in total. The Kier molecular flexibility index (Phi) is 5.75. The van der Waals surface area contributed by atoms with Crippen LogP contribution in [-0.4, -0.2) is 77.4 Å². The Morgan fingerprint density at radius 1 is 1.25 bits per heavy atom. The van der Waals surface area contributed by atoms with Crippen LogP contribution >= 0.6 is 12.4 Å². The molecule has 0 aromatic heterocycles. The molecule has 1 saturated carbocycles. The Balaban J connectivity index is 0.00000208. The van der Waals surface area contributed by atoms with Crippen molar-refractivity contribution in [1.29, 1.82) is 0 Å². The Morgan fingerprint density at radius 2 is 1.92 bits per heavy atom. The highest BCUT2D eigenvalue weighted by atomic mass is 35.5. The minimum Gasteiger partial charge on any atom is -0.336 e. The molecular formula is C16H27ClN4O3. The molecule has 3 aliphatic rings. The van der Waals surface area contributed by atoms with Gasteiger partial charge in [0.05, 0.1) is 0 Å². The van der Waals surface area contributed by atoms with Gasteiger partial charge in [0.1, 0.15) is 12.1 Å². The van der Waals surface area contributed by atoms with E-state index in [1.807, 2.05) is 6.92 Å². The average molecular weight is 359 g/mol. The highest BCUT2D eigenvalue weighted by Crippen LogP contribution is 2.39. The summed E-state index contributed by atoms with van der Waals surface area (Å²) in [6, 6.07) is -0.238. The molecular weight excluding hydrogens is 332 g/mol. The van der Waals surface area contributed by atoms with Crippen molar-refractivity contribution in [2.75, 3.05) is 33.2 Å². The lowest BCUT2D eigenvalue weighted by atomic mass is 9.81. The summed E-state index contributed by atoms with van der Waals surface area (Å²) in [6.07, 6.45) is 4.44. The maximum absolute atomic E-state index is 12.9. The number of amides is 4. The van der Waals surface area contributed by atoms with E-state index in [0.717, 1.165) is 32.4 Å². The van der Waals surface area contributed by atoms with Crippen molar-refractivity contribution in [2.45, 2.75) is 50.6 Å². The largest absolute Gasteiger partial charge is 0.336 e. The van der Waals surface area contributed by atoms with Gasteiger partial charge in [-0.3, -0.25) is 14.5 Å². The van der Waals surface area contributed by atoms with Gasteiger partial charge in [0.25, 0.3) is 5.91 Å². The number of hydrogen-bond donors (Lipinski definition) is 1. The molecule has 0 radical (unpaired) electrons. The van der Waals surface area contributed by atoms with Gasteiger partial charge >= 0.3 is 6.03 Å². The summed E-state index contributed by atoms with van der Waals surface area (Å²) in [5.41, 5.74) is -0.704. The molecule has 0 aromatic rings. The molecule has 2 heterocycles. The zero-order valence-electron chi connectivity index (χ0n) is 14.4. The van der Waals surface area contributed by atoms with E-state index in [9.17, 15) is 14.4 Å². The van der Waals surface area contributed by atoms with Crippen molar-refractivity contribution in [3.63, 3.8) is 0 Å². The van der Waals surface area contributed by atoms with Crippen LogP contribution in [0, 0.1) is 0 Å². The number of nitrogens with zero attached hydrogens (tertiary/aromatic N) is 3. The molecule has 0 unspecified atom stereocenters. The van der Waals surface area contributed by atoms with Crippen LogP contribution in [0.3, 0.4) is 0 Å². The van der Waals surface area contributed by atoms with Gasteiger partial charge in [-0.2, -0.15) is 0 Å². The molecule has 1 aliphatic carbocycles. The van der Waals surface area contributed by atoms with Gasteiger partial charge in [-0.05, 0) is 19.8 Å². The topological polar surface area (TPSA) is 73.0 Å². The smallest absolute Gasteiger partial charge is 0.327 e. The van der Waals surface area contributed by atoms with E-state index in [1.54, 1.807) is 16.8 Å². The van der Waals surface area contributed by atoms with Crippen molar-refractivity contribution in [3.8, 4) is 0 Å². The SMILES string of the molecule is C[C@H]1CNCCN1C(=O)CN1C(=O)N(C)C2(CCCCC2)C1=O.Cl. The van der Waals surface area contributed by atoms with E-state index >= 15 is 0 Å². The van der Waals surface area contributed by atoms with E-state index < -0.39 is 5.54 Å². The molecule has 3 fully saturated rings. The number of piperazine rings is 1. The number of hydrogen-bond acceptors (Lipinski definition) is 4. The van der Waals surface area contributed by atoms with E-state index in [1.165, 1.54) is 4.90 Å². The number of carbonyl (C=O) groups is 3. The summed E-state index contributed by atoms with van der Waals surface area (Å²) in [5, 5.41) is 3.23. The molecule has 0 aromatic carbocycles. The van der Waals surface area contributed by atoms with Crippen molar-refractivity contribution in [1.82, 2.24) is 20.0 Å². The van der Waals surface area contributed by atoms with Gasteiger partial charge in [-0.15, -0.1) is 12.4 Å². The molecule has 2 saturated heterocycles. The Hall–Kier alpha value is -1.34. The Labute approximate surface area is 149 Å². The van der Waals surface area contributed by atoms with Crippen LogP contribution in [0.25, 0.3) is 0 Å². The predicted octanol–water partition coefficient (Wildman–Crippen LogP) is 0.825. The minimum absolute atomic E-state index is 0. The first-order valence-electron chi connectivity index (χ1n) is 8.57. The second-order valence-electron chi connectivity index (χ2n) is 6.97. The van der Waals surface area contributed by atoms with Crippen molar-refractivity contribution < 1.29 is 14.4 Å². The number of urea groups is 1. The molecule has 1 spiro atoms. The van der Waals surface area contributed by atoms with E-state index in [2.05, 4.69) is 5.32 Å². The summed E-state index contributed by atoms with van der Waals surface area (Å²) < 4.78 is 0. The molecule has 0 bridgehead atoms. The third-order valence-corrected chi connectivity index (χ3v) is 5.60. The van der Waals surface area contributed by atoms with Gasteiger partial charge in [0.2, 0.25) is 5.91 Å². The van der Waals surface area contributed by atoms with Gasteiger partial charge in [0.15, 0.2) is 0 Å². The molecule has 4 amide bonds. The van der Waals surface area contributed by atoms with Crippen LogP contribution in [0.1, 0.15) is 39.0 Å². The van der Waals surface area contributed by atoms with E-state index in [-0.39, 0.29) is 42.8 Å². The Morgan fingerprint density at radius 3 is 2.54 bits per heavy atom. The van der Waals surface area contributed by atoms with Gasteiger partial charge < -0.3 is 15.1 Å². The third kappa shape index (κ3) is 2.99. The first-order chi connectivity index (χ1) is 11.0. The summed E-state index contributed by atoms with van der Waals surface area (Å²) in [5.74, 6) is -0.317. The quantitative estimate of drug-likeness (QED) is 0.742. The minimum atomic E-state index is -0.704. The number of nitrogens with one attached hydrogen (secondary N) is 1. The summed E-state index contributed by atoms with van der Waals surface area (Å²) in [7, 11) is 1.70. The first kappa shape index (κ1) is 19.0. The lowest BCUT2D eigenvalue weighted by Crippen LogP contribution is -2.55. The average Bonchev–Trinajstić information content (AvgIpc) is 2.72. The molecule has 7 nitrogen and oxygen atoms in total. The van der Waals surface area contributed by atoms with Crippen LogP contribution in [-0.2, 0) is 9.59 Å². The highest BCUT2D eigenvalue weighted by molar-refractivity contribution is 6.09. The van der Waals surface area contributed by atoms with Gasteiger partial charge in [0, 0.05) is 32.7 Å². The molecule has 3 rings (SSSR count). The van der Waals surface area contributed by atoms with Crippen LogP contribution < -0.4 is 5.32 Å².